The highest BCUT2D eigenvalue weighted by atomic mass is 19.4. The molecule has 0 unspecified atom stereocenters. The molecule has 0 spiro atoms. The van der Waals surface area contributed by atoms with E-state index >= 15 is 0 Å². The van der Waals surface area contributed by atoms with E-state index in [-0.39, 0.29) is 11.4 Å². The predicted octanol–water partition coefficient (Wildman–Crippen LogP) is 2.88. The van der Waals surface area contributed by atoms with Crippen molar-refractivity contribution in [2.24, 2.45) is 0 Å². The Morgan fingerprint density at radius 3 is 2.40 bits per heavy atom. The van der Waals surface area contributed by atoms with Crippen LogP contribution in [0.15, 0.2) is 24.3 Å². The summed E-state index contributed by atoms with van der Waals surface area (Å²) in [7, 11) is 0. The zero-order valence-electron chi connectivity index (χ0n) is 7.83. The van der Waals surface area contributed by atoms with Crippen LogP contribution in [-0.2, 0) is 0 Å². The average Bonchev–Trinajstić information content (AvgIpc) is 2.86. The maximum Gasteiger partial charge on any atom is 0.485 e. The molecule has 0 saturated heterocycles. The average molecular weight is 217 g/mol. The quantitative estimate of drug-likeness (QED) is 0.770. The first-order valence-electron chi connectivity index (χ1n) is 4.63. The number of alkyl halides is 3. The van der Waals surface area contributed by atoms with Crippen LogP contribution in [-0.4, -0.2) is 17.4 Å². The first-order chi connectivity index (χ1) is 6.98. The monoisotopic (exact) mass is 217 g/mol. The Hall–Kier alpha value is -1.39. The molecule has 0 radical (unpaired) electrons. The molecule has 1 saturated carbocycles. The molecule has 2 nitrogen and oxygen atoms in total. The number of hydrogen-bond acceptors (Lipinski definition) is 2. The van der Waals surface area contributed by atoms with Crippen molar-refractivity contribution >= 4 is 5.69 Å². The molecule has 1 fully saturated rings. The van der Waals surface area contributed by atoms with E-state index in [1.165, 1.54) is 18.2 Å². The van der Waals surface area contributed by atoms with Gasteiger partial charge in [0.2, 0.25) is 0 Å². The number of phenols is 1. The smallest absolute Gasteiger partial charge is 0.485 e. The van der Waals surface area contributed by atoms with Crippen LogP contribution < -0.4 is 4.90 Å². The van der Waals surface area contributed by atoms with E-state index in [1.54, 1.807) is 0 Å². The van der Waals surface area contributed by atoms with Gasteiger partial charge in [-0.3, -0.25) is 4.90 Å². The Morgan fingerprint density at radius 1 is 1.27 bits per heavy atom. The van der Waals surface area contributed by atoms with Crippen LogP contribution in [0.5, 0.6) is 5.75 Å². The van der Waals surface area contributed by atoms with E-state index in [0.717, 1.165) is 6.07 Å². The fourth-order valence-corrected chi connectivity index (χ4v) is 1.54. The van der Waals surface area contributed by atoms with Gasteiger partial charge in [0, 0.05) is 17.8 Å². The van der Waals surface area contributed by atoms with Crippen molar-refractivity contribution in [1.82, 2.24) is 0 Å². The number of aromatic hydroxyl groups is 1. The topological polar surface area (TPSA) is 23.5 Å². The lowest BCUT2D eigenvalue weighted by molar-refractivity contribution is -0.130. The normalized spacial score (nSPS) is 16.5. The van der Waals surface area contributed by atoms with Crippen molar-refractivity contribution in [3.63, 3.8) is 0 Å². The number of hydrogen-bond donors (Lipinski definition) is 1. The van der Waals surface area contributed by atoms with Crippen LogP contribution in [0.2, 0.25) is 0 Å². The summed E-state index contributed by atoms with van der Waals surface area (Å²) < 4.78 is 38.0. The van der Waals surface area contributed by atoms with Gasteiger partial charge in [0.05, 0.1) is 0 Å². The highest BCUT2D eigenvalue weighted by molar-refractivity contribution is 5.52. The molecular formula is C10H10F3NO. The van der Waals surface area contributed by atoms with E-state index in [2.05, 4.69) is 0 Å². The van der Waals surface area contributed by atoms with E-state index in [9.17, 15) is 13.2 Å². The number of halogens is 3. The summed E-state index contributed by atoms with van der Waals surface area (Å²) in [5.41, 5.74) is 0.00463. The number of benzene rings is 1. The van der Waals surface area contributed by atoms with E-state index in [1.807, 2.05) is 0 Å². The molecule has 0 amide bonds. The van der Waals surface area contributed by atoms with Crippen LogP contribution in [0.4, 0.5) is 18.9 Å². The van der Waals surface area contributed by atoms with Gasteiger partial charge in [-0.05, 0) is 25.0 Å². The first-order valence-corrected chi connectivity index (χ1v) is 4.63. The third-order valence-electron chi connectivity index (χ3n) is 2.29. The first kappa shape index (κ1) is 10.1. The molecule has 1 N–H and O–H groups in total. The minimum atomic E-state index is -4.38. The molecule has 2 rings (SSSR count). The lowest BCUT2D eigenvalue weighted by Gasteiger charge is -2.26. The number of rotatable bonds is 2. The Labute approximate surface area is 84.9 Å². The maximum absolute atomic E-state index is 12.7. The lowest BCUT2D eigenvalue weighted by atomic mass is 10.2. The molecule has 1 aliphatic rings. The third-order valence-corrected chi connectivity index (χ3v) is 2.29. The van der Waals surface area contributed by atoms with Crippen molar-refractivity contribution in [2.45, 2.75) is 25.2 Å². The molecule has 0 aliphatic heterocycles. The summed E-state index contributed by atoms with van der Waals surface area (Å²) in [6.45, 7) is 0. The van der Waals surface area contributed by atoms with Gasteiger partial charge in [-0.15, -0.1) is 0 Å². The molecular weight excluding hydrogens is 207 g/mol. The Morgan fingerprint density at radius 2 is 1.93 bits per heavy atom. The van der Waals surface area contributed by atoms with E-state index < -0.39 is 12.3 Å². The summed E-state index contributed by atoms with van der Waals surface area (Å²) in [6, 6.07) is 4.78. The van der Waals surface area contributed by atoms with Crippen LogP contribution in [0, 0.1) is 0 Å². The molecule has 0 bridgehead atoms. The Balaban J connectivity index is 2.32. The molecule has 82 valence electrons. The third kappa shape index (κ3) is 2.16. The van der Waals surface area contributed by atoms with Gasteiger partial charge >= 0.3 is 6.30 Å². The molecule has 5 heteroatoms. The fourth-order valence-electron chi connectivity index (χ4n) is 1.54. The molecule has 1 aliphatic carbocycles. The second-order valence-corrected chi connectivity index (χ2v) is 3.59. The van der Waals surface area contributed by atoms with Gasteiger partial charge in [-0.25, -0.2) is 0 Å². The minimum Gasteiger partial charge on any atom is -0.508 e. The van der Waals surface area contributed by atoms with Crippen LogP contribution in [0.3, 0.4) is 0 Å². The van der Waals surface area contributed by atoms with E-state index in [0.29, 0.717) is 17.7 Å². The lowest BCUT2D eigenvalue weighted by Crippen LogP contribution is -2.39. The van der Waals surface area contributed by atoms with Crippen molar-refractivity contribution in [2.75, 3.05) is 4.90 Å². The molecule has 1 aromatic rings. The minimum absolute atomic E-state index is 0.00463. The number of nitrogens with zero attached hydrogens (tertiary/aromatic N) is 1. The Bertz CT molecular complexity index is 360. The maximum atomic E-state index is 12.7. The molecule has 0 atom stereocenters. The zero-order valence-corrected chi connectivity index (χ0v) is 7.83. The molecule has 0 heterocycles. The molecule has 15 heavy (non-hydrogen) atoms. The standard InChI is InChI=1S/C10H10F3NO/c11-10(12,13)14(7-4-5-7)8-2-1-3-9(15)6-8/h1-3,6-7,15H,4-5H2. The van der Waals surface area contributed by atoms with Crippen LogP contribution in [0.1, 0.15) is 12.8 Å². The van der Waals surface area contributed by atoms with Gasteiger partial charge in [0.25, 0.3) is 0 Å². The number of phenolic OH excluding ortho intramolecular Hbond substituents is 1. The predicted molar refractivity (Wildman–Crippen MR) is 49.7 cm³/mol. The van der Waals surface area contributed by atoms with Gasteiger partial charge < -0.3 is 5.11 Å². The van der Waals surface area contributed by atoms with Crippen molar-refractivity contribution in [3.05, 3.63) is 24.3 Å². The summed E-state index contributed by atoms with van der Waals surface area (Å²) >= 11 is 0. The largest absolute Gasteiger partial charge is 0.508 e. The van der Waals surface area contributed by atoms with Crippen molar-refractivity contribution < 1.29 is 18.3 Å². The highest BCUT2D eigenvalue weighted by Crippen LogP contribution is 2.40. The highest BCUT2D eigenvalue weighted by Gasteiger charge is 2.46. The van der Waals surface area contributed by atoms with Gasteiger partial charge in [0.15, 0.2) is 0 Å². The van der Waals surface area contributed by atoms with Crippen molar-refractivity contribution in [1.29, 1.82) is 0 Å². The zero-order chi connectivity index (χ0) is 11.1. The summed E-state index contributed by atoms with van der Waals surface area (Å²) in [5.74, 6) is -0.151. The molecule has 1 aromatic carbocycles. The fraction of sp³-hybridized carbons (Fsp3) is 0.400. The van der Waals surface area contributed by atoms with Gasteiger partial charge in [-0.1, -0.05) is 6.07 Å². The number of anilines is 1. The van der Waals surface area contributed by atoms with Crippen LogP contribution >= 0.6 is 0 Å². The van der Waals surface area contributed by atoms with Crippen molar-refractivity contribution in [3.8, 4) is 5.75 Å². The summed E-state index contributed by atoms with van der Waals surface area (Å²) in [6.07, 6.45) is -3.28. The summed E-state index contributed by atoms with van der Waals surface area (Å²) in [5, 5.41) is 9.14. The van der Waals surface area contributed by atoms with Crippen LogP contribution in [0.25, 0.3) is 0 Å². The van der Waals surface area contributed by atoms with Gasteiger partial charge in [-0.2, -0.15) is 13.2 Å². The van der Waals surface area contributed by atoms with Gasteiger partial charge in [0.1, 0.15) is 5.75 Å². The second kappa shape index (κ2) is 3.32. The second-order valence-electron chi connectivity index (χ2n) is 3.59. The summed E-state index contributed by atoms with van der Waals surface area (Å²) in [4.78, 5) is 0.409. The Kier molecular flexibility index (Phi) is 2.25. The molecule has 0 aromatic heterocycles. The SMILES string of the molecule is Oc1cccc(N(C2CC2)C(F)(F)F)c1. The van der Waals surface area contributed by atoms with E-state index in [4.69, 9.17) is 5.11 Å².